The molecule has 2 aromatic rings. The van der Waals surface area contributed by atoms with Gasteiger partial charge in [-0.05, 0) is 31.9 Å². The molecule has 1 N–H and O–H groups in total. The first kappa shape index (κ1) is 14.8. The molecule has 0 unspecified atom stereocenters. The molecule has 0 saturated carbocycles. The van der Waals surface area contributed by atoms with Gasteiger partial charge in [0.25, 0.3) is 5.91 Å². The van der Waals surface area contributed by atoms with Crippen LogP contribution in [0.3, 0.4) is 0 Å². The molecule has 22 heavy (non-hydrogen) atoms. The Bertz CT molecular complexity index is 669. The molecule has 5 nitrogen and oxygen atoms in total. The molecule has 1 aromatic carbocycles. The van der Waals surface area contributed by atoms with Gasteiger partial charge in [0.15, 0.2) is 11.5 Å². The van der Waals surface area contributed by atoms with Crippen LogP contribution in [0.4, 0.5) is 0 Å². The fourth-order valence-corrected chi connectivity index (χ4v) is 3.19. The smallest absolute Gasteiger partial charge is 0.255 e. The van der Waals surface area contributed by atoms with Crippen LogP contribution < -0.4 is 14.8 Å². The number of hydrogen-bond acceptors (Lipinski definition) is 5. The van der Waals surface area contributed by atoms with E-state index in [1.807, 2.05) is 24.6 Å². The minimum absolute atomic E-state index is 0.122. The van der Waals surface area contributed by atoms with Crippen LogP contribution in [0.25, 0.3) is 0 Å². The summed E-state index contributed by atoms with van der Waals surface area (Å²) < 4.78 is 11.1. The highest BCUT2D eigenvalue weighted by Gasteiger charge is 2.19. The van der Waals surface area contributed by atoms with Gasteiger partial charge in [-0.3, -0.25) is 4.79 Å². The predicted molar refractivity (Wildman–Crippen MR) is 84.9 cm³/mol. The number of rotatable bonds is 5. The Morgan fingerprint density at radius 3 is 3.05 bits per heavy atom. The number of fused-ring (bicyclic) bond motifs is 1. The molecule has 3 rings (SSSR count). The highest BCUT2D eigenvalue weighted by atomic mass is 32.1. The maximum Gasteiger partial charge on any atom is 0.255 e. The molecule has 1 aliphatic heterocycles. The third-order valence-electron chi connectivity index (χ3n) is 3.52. The van der Waals surface area contributed by atoms with E-state index in [-0.39, 0.29) is 5.91 Å². The number of amides is 1. The Morgan fingerprint density at radius 2 is 2.23 bits per heavy atom. The van der Waals surface area contributed by atoms with Crippen LogP contribution in [0.15, 0.2) is 23.7 Å². The number of nitrogens with one attached hydrogen (secondary N) is 1. The van der Waals surface area contributed by atoms with E-state index in [1.54, 1.807) is 17.4 Å². The molecule has 0 radical (unpaired) electrons. The van der Waals surface area contributed by atoms with Gasteiger partial charge in [0, 0.05) is 11.4 Å². The van der Waals surface area contributed by atoms with E-state index in [2.05, 4.69) is 10.3 Å². The molecule has 116 valence electrons. The molecule has 1 aromatic heterocycles. The van der Waals surface area contributed by atoms with E-state index in [0.29, 0.717) is 36.8 Å². The number of ether oxygens (including phenoxy) is 2. The van der Waals surface area contributed by atoms with Crippen molar-refractivity contribution in [2.24, 2.45) is 0 Å². The molecular formula is C16H18N2O3S. The lowest BCUT2D eigenvalue weighted by molar-refractivity contribution is 0.0942. The molecule has 0 bridgehead atoms. The summed E-state index contributed by atoms with van der Waals surface area (Å²) in [4.78, 5) is 17.8. The number of aromatic nitrogens is 1. The van der Waals surface area contributed by atoms with Crippen molar-refractivity contribution in [1.82, 2.24) is 10.3 Å². The zero-order valence-electron chi connectivity index (χ0n) is 12.4. The van der Waals surface area contributed by atoms with Crippen LogP contribution >= 0.6 is 11.3 Å². The maximum atomic E-state index is 12.3. The van der Waals surface area contributed by atoms with Gasteiger partial charge in [0.2, 0.25) is 0 Å². The summed E-state index contributed by atoms with van der Waals surface area (Å²) in [5.41, 5.74) is 3.47. The number of aryl methyl sites for hydroxylation is 2. The molecule has 6 heteroatoms. The van der Waals surface area contributed by atoms with E-state index in [0.717, 1.165) is 18.5 Å². The van der Waals surface area contributed by atoms with E-state index in [4.69, 9.17) is 9.47 Å². The average Bonchev–Trinajstić information content (AvgIpc) is 2.96. The van der Waals surface area contributed by atoms with Gasteiger partial charge >= 0.3 is 0 Å². The highest BCUT2D eigenvalue weighted by Crippen LogP contribution is 2.33. The lowest BCUT2D eigenvalue weighted by Crippen LogP contribution is -2.26. The molecule has 1 amide bonds. The van der Waals surface area contributed by atoms with Gasteiger partial charge in [-0.15, -0.1) is 11.3 Å². The Balaban J connectivity index is 1.55. The summed E-state index contributed by atoms with van der Waals surface area (Å²) in [6.07, 6.45) is 1.82. The third kappa shape index (κ3) is 3.22. The number of thiazole rings is 1. The van der Waals surface area contributed by atoms with Crippen molar-refractivity contribution < 1.29 is 14.3 Å². The number of benzene rings is 1. The molecule has 2 heterocycles. The molecule has 0 fully saturated rings. The first-order valence-electron chi connectivity index (χ1n) is 7.31. The largest absolute Gasteiger partial charge is 0.486 e. The number of carbonyl (C=O) groups is 1. The molecule has 0 aliphatic carbocycles. The van der Waals surface area contributed by atoms with E-state index in [9.17, 15) is 4.79 Å². The summed E-state index contributed by atoms with van der Waals surface area (Å²) in [6, 6.07) is 5.39. The zero-order chi connectivity index (χ0) is 15.4. The van der Waals surface area contributed by atoms with Crippen LogP contribution in [0.5, 0.6) is 11.5 Å². The number of carbonyl (C=O) groups excluding carboxylic acids is 1. The summed E-state index contributed by atoms with van der Waals surface area (Å²) in [5, 5.41) is 2.94. The summed E-state index contributed by atoms with van der Waals surface area (Å²) in [6.45, 7) is 3.63. The van der Waals surface area contributed by atoms with Crippen LogP contribution in [0.2, 0.25) is 0 Å². The Morgan fingerprint density at radius 1 is 1.36 bits per heavy atom. The number of hydrogen-bond donors (Lipinski definition) is 1. The van der Waals surface area contributed by atoms with Crippen LogP contribution in [0, 0.1) is 6.92 Å². The summed E-state index contributed by atoms with van der Waals surface area (Å²) in [7, 11) is 0. The second-order valence-electron chi connectivity index (χ2n) is 5.05. The third-order valence-corrected chi connectivity index (χ3v) is 4.52. The number of para-hydroxylation sites is 1. The van der Waals surface area contributed by atoms with Crippen molar-refractivity contribution in [3.05, 3.63) is 39.8 Å². The lowest BCUT2D eigenvalue weighted by atomic mass is 10.1. The van der Waals surface area contributed by atoms with Crippen molar-refractivity contribution in [2.45, 2.75) is 19.8 Å². The Hall–Kier alpha value is -2.08. The molecular weight excluding hydrogens is 300 g/mol. The topological polar surface area (TPSA) is 60.5 Å². The average molecular weight is 318 g/mol. The quantitative estimate of drug-likeness (QED) is 0.861. The minimum Gasteiger partial charge on any atom is -0.486 e. The fraction of sp³-hybridized carbons (Fsp3) is 0.375. The van der Waals surface area contributed by atoms with Gasteiger partial charge in [-0.1, -0.05) is 6.07 Å². The molecule has 0 saturated heterocycles. The zero-order valence-corrected chi connectivity index (χ0v) is 13.2. The lowest BCUT2D eigenvalue weighted by Gasteiger charge is -2.20. The molecule has 1 aliphatic rings. The molecule has 0 atom stereocenters. The predicted octanol–water partition coefficient (Wildman–Crippen LogP) is 2.59. The van der Waals surface area contributed by atoms with E-state index in [1.165, 1.54) is 4.88 Å². The van der Waals surface area contributed by atoms with Crippen LogP contribution in [-0.2, 0) is 6.42 Å². The van der Waals surface area contributed by atoms with Gasteiger partial charge < -0.3 is 14.8 Å². The Labute approximate surface area is 133 Å². The van der Waals surface area contributed by atoms with E-state index < -0.39 is 0 Å². The van der Waals surface area contributed by atoms with Crippen molar-refractivity contribution in [3.8, 4) is 11.5 Å². The van der Waals surface area contributed by atoms with Gasteiger partial charge in [0.05, 0.1) is 16.8 Å². The highest BCUT2D eigenvalue weighted by molar-refractivity contribution is 7.09. The normalized spacial score (nSPS) is 13.0. The second kappa shape index (κ2) is 6.79. The number of nitrogens with zero attached hydrogens (tertiary/aromatic N) is 1. The summed E-state index contributed by atoms with van der Waals surface area (Å²) >= 11 is 1.66. The van der Waals surface area contributed by atoms with Gasteiger partial charge in [0.1, 0.15) is 13.2 Å². The van der Waals surface area contributed by atoms with Crippen LogP contribution in [0.1, 0.15) is 27.3 Å². The van der Waals surface area contributed by atoms with Crippen molar-refractivity contribution >= 4 is 17.2 Å². The SMILES string of the molecule is Cc1ncsc1CCCNC(=O)c1cccc2c1OCCO2. The van der Waals surface area contributed by atoms with Crippen molar-refractivity contribution in [2.75, 3.05) is 19.8 Å². The fourth-order valence-electron chi connectivity index (χ4n) is 2.36. The first-order chi connectivity index (χ1) is 10.8. The van der Waals surface area contributed by atoms with Crippen LogP contribution in [-0.4, -0.2) is 30.6 Å². The molecule has 0 spiro atoms. The summed E-state index contributed by atoms with van der Waals surface area (Å²) in [5.74, 6) is 1.06. The van der Waals surface area contributed by atoms with Gasteiger partial charge in [-0.2, -0.15) is 0 Å². The van der Waals surface area contributed by atoms with Gasteiger partial charge in [-0.25, -0.2) is 4.98 Å². The second-order valence-corrected chi connectivity index (χ2v) is 5.99. The monoisotopic (exact) mass is 318 g/mol. The maximum absolute atomic E-state index is 12.3. The first-order valence-corrected chi connectivity index (χ1v) is 8.19. The van der Waals surface area contributed by atoms with E-state index >= 15 is 0 Å². The van der Waals surface area contributed by atoms with Crippen molar-refractivity contribution in [3.63, 3.8) is 0 Å². The Kier molecular flexibility index (Phi) is 4.58. The standard InChI is InChI=1S/C16H18N2O3S/c1-11-14(22-10-18-11)6-3-7-17-16(19)12-4-2-5-13-15(12)21-9-8-20-13/h2,4-5,10H,3,6-9H2,1H3,(H,17,19). The minimum atomic E-state index is -0.122. The van der Waals surface area contributed by atoms with Crippen molar-refractivity contribution in [1.29, 1.82) is 0 Å².